The first kappa shape index (κ1) is 20.2. The quantitative estimate of drug-likeness (QED) is 0.585. The molecule has 0 N–H and O–H groups in total. The molecule has 6 heteroatoms. The van der Waals surface area contributed by atoms with Crippen LogP contribution in [0.2, 0.25) is 0 Å². The van der Waals surface area contributed by atoms with Crippen molar-refractivity contribution >= 4 is 39.1 Å². The summed E-state index contributed by atoms with van der Waals surface area (Å²) in [6.07, 6.45) is 3.47. The van der Waals surface area contributed by atoms with Crippen molar-refractivity contribution in [2.75, 3.05) is 20.1 Å². The summed E-state index contributed by atoms with van der Waals surface area (Å²) in [6, 6.07) is 4.02. The summed E-state index contributed by atoms with van der Waals surface area (Å²) < 4.78 is 1.07. The topological polar surface area (TPSA) is 40.6 Å². The van der Waals surface area contributed by atoms with E-state index < -0.39 is 0 Å². The van der Waals surface area contributed by atoms with Gasteiger partial charge in [0, 0.05) is 37.9 Å². The fourth-order valence-electron chi connectivity index (χ4n) is 2.40. The van der Waals surface area contributed by atoms with Crippen molar-refractivity contribution in [1.82, 2.24) is 9.80 Å². The maximum Gasteiger partial charge on any atom is 0.222 e. The van der Waals surface area contributed by atoms with E-state index in [1.807, 2.05) is 24.1 Å². The second-order valence-electron chi connectivity index (χ2n) is 5.69. The monoisotopic (exact) mass is 402 g/mol. The van der Waals surface area contributed by atoms with Crippen molar-refractivity contribution in [3.05, 3.63) is 20.8 Å². The van der Waals surface area contributed by atoms with Gasteiger partial charge in [0.25, 0.3) is 0 Å². The number of rotatable bonds is 10. The Morgan fingerprint density at radius 2 is 1.70 bits per heavy atom. The molecule has 0 spiro atoms. The number of halogens is 1. The molecule has 1 heterocycles. The van der Waals surface area contributed by atoms with Crippen LogP contribution in [0.4, 0.5) is 0 Å². The molecule has 0 aromatic carbocycles. The summed E-state index contributed by atoms with van der Waals surface area (Å²) in [5.41, 5.74) is 0. The van der Waals surface area contributed by atoms with Crippen molar-refractivity contribution in [3.8, 4) is 0 Å². The SMILES string of the molecule is CCCN(CCC)C(=O)CCCC(=O)N(C)Cc1ccc(Br)s1. The van der Waals surface area contributed by atoms with Crippen LogP contribution in [0.5, 0.6) is 0 Å². The van der Waals surface area contributed by atoms with Crippen LogP contribution in [0.3, 0.4) is 0 Å². The van der Waals surface area contributed by atoms with E-state index >= 15 is 0 Å². The van der Waals surface area contributed by atoms with Gasteiger partial charge in [-0.05, 0) is 47.3 Å². The van der Waals surface area contributed by atoms with Crippen LogP contribution >= 0.6 is 27.3 Å². The molecule has 1 aromatic rings. The molecule has 0 bridgehead atoms. The van der Waals surface area contributed by atoms with E-state index in [1.54, 1.807) is 16.2 Å². The Balaban J connectivity index is 2.33. The van der Waals surface area contributed by atoms with E-state index in [4.69, 9.17) is 0 Å². The smallest absolute Gasteiger partial charge is 0.222 e. The Kier molecular flexibility index (Phi) is 9.48. The van der Waals surface area contributed by atoms with Crippen LogP contribution < -0.4 is 0 Å². The molecule has 0 fully saturated rings. The maximum atomic E-state index is 12.2. The molecule has 0 aliphatic carbocycles. The average molecular weight is 403 g/mol. The second-order valence-corrected chi connectivity index (χ2v) is 8.24. The summed E-state index contributed by atoms with van der Waals surface area (Å²) in [5, 5.41) is 0. The van der Waals surface area contributed by atoms with Crippen LogP contribution in [0.1, 0.15) is 50.8 Å². The minimum absolute atomic E-state index is 0.0971. The first-order valence-corrected chi connectivity index (χ1v) is 9.84. The van der Waals surface area contributed by atoms with Gasteiger partial charge in [0.15, 0.2) is 0 Å². The first-order chi connectivity index (χ1) is 11.0. The van der Waals surface area contributed by atoms with Gasteiger partial charge in [0.05, 0.1) is 10.3 Å². The van der Waals surface area contributed by atoms with Crippen molar-refractivity contribution in [1.29, 1.82) is 0 Å². The van der Waals surface area contributed by atoms with E-state index in [9.17, 15) is 9.59 Å². The number of carbonyl (C=O) groups excluding carboxylic acids is 2. The molecule has 0 aliphatic heterocycles. The molecule has 0 unspecified atom stereocenters. The van der Waals surface area contributed by atoms with Gasteiger partial charge < -0.3 is 9.80 Å². The standard InChI is InChI=1S/C17H27BrN2O2S/c1-4-11-20(12-5-2)17(22)8-6-7-16(21)19(3)13-14-9-10-15(18)23-14/h9-10H,4-8,11-13H2,1-3H3. The Morgan fingerprint density at radius 3 is 2.22 bits per heavy atom. The summed E-state index contributed by atoms with van der Waals surface area (Å²) >= 11 is 5.07. The van der Waals surface area contributed by atoms with Gasteiger partial charge in [-0.1, -0.05) is 13.8 Å². The molecular weight excluding hydrogens is 376 g/mol. The number of carbonyl (C=O) groups is 2. The molecule has 0 aliphatic rings. The minimum Gasteiger partial charge on any atom is -0.343 e. The Labute approximate surface area is 152 Å². The van der Waals surface area contributed by atoms with Crippen molar-refractivity contribution in [3.63, 3.8) is 0 Å². The average Bonchev–Trinajstić information content (AvgIpc) is 2.91. The van der Waals surface area contributed by atoms with Gasteiger partial charge in [-0.3, -0.25) is 9.59 Å². The van der Waals surface area contributed by atoms with E-state index in [-0.39, 0.29) is 11.8 Å². The lowest BCUT2D eigenvalue weighted by molar-refractivity contribution is -0.132. The molecule has 0 saturated heterocycles. The van der Waals surface area contributed by atoms with Crippen LogP contribution in [-0.2, 0) is 16.1 Å². The third-order valence-corrected chi connectivity index (χ3v) is 5.18. The minimum atomic E-state index is 0.0971. The fourth-order valence-corrected chi connectivity index (χ4v) is 3.94. The molecule has 23 heavy (non-hydrogen) atoms. The maximum absolute atomic E-state index is 12.2. The molecule has 0 saturated carbocycles. The summed E-state index contributed by atoms with van der Waals surface area (Å²) in [6.45, 7) is 6.41. The number of nitrogens with zero attached hydrogens (tertiary/aromatic N) is 2. The largest absolute Gasteiger partial charge is 0.343 e. The highest BCUT2D eigenvalue weighted by Crippen LogP contribution is 2.23. The predicted octanol–water partition coefficient (Wildman–Crippen LogP) is 4.29. The Hall–Kier alpha value is -0.880. The van der Waals surface area contributed by atoms with Gasteiger partial charge in [-0.2, -0.15) is 0 Å². The number of hydrogen-bond acceptors (Lipinski definition) is 3. The zero-order valence-electron chi connectivity index (χ0n) is 14.3. The van der Waals surface area contributed by atoms with Crippen LogP contribution in [0.25, 0.3) is 0 Å². The van der Waals surface area contributed by atoms with Crippen molar-refractivity contribution in [2.24, 2.45) is 0 Å². The van der Waals surface area contributed by atoms with Gasteiger partial charge >= 0.3 is 0 Å². The lowest BCUT2D eigenvalue weighted by Gasteiger charge is -2.21. The number of hydrogen-bond donors (Lipinski definition) is 0. The summed E-state index contributed by atoms with van der Waals surface area (Å²) in [5.74, 6) is 0.270. The highest BCUT2D eigenvalue weighted by Gasteiger charge is 2.14. The normalized spacial score (nSPS) is 10.6. The van der Waals surface area contributed by atoms with Crippen LogP contribution in [0, 0.1) is 0 Å². The molecular formula is C17H27BrN2O2S. The highest BCUT2D eigenvalue weighted by atomic mass is 79.9. The third kappa shape index (κ3) is 7.48. The van der Waals surface area contributed by atoms with Crippen LogP contribution in [0.15, 0.2) is 15.9 Å². The molecule has 0 atom stereocenters. The van der Waals surface area contributed by atoms with Gasteiger partial charge in [0.2, 0.25) is 11.8 Å². The molecule has 1 rings (SSSR count). The molecule has 0 radical (unpaired) electrons. The van der Waals surface area contributed by atoms with Crippen LogP contribution in [-0.4, -0.2) is 41.8 Å². The van der Waals surface area contributed by atoms with Crippen molar-refractivity contribution < 1.29 is 9.59 Å². The zero-order valence-corrected chi connectivity index (χ0v) is 16.7. The van der Waals surface area contributed by atoms with Gasteiger partial charge in [-0.15, -0.1) is 11.3 Å². The molecule has 130 valence electrons. The van der Waals surface area contributed by atoms with Crippen molar-refractivity contribution in [2.45, 2.75) is 52.5 Å². The number of amides is 2. The summed E-state index contributed by atoms with van der Waals surface area (Å²) in [7, 11) is 1.82. The number of thiophene rings is 1. The van der Waals surface area contributed by atoms with E-state index in [0.29, 0.717) is 25.8 Å². The lowest BCUT2D eigenvalue weighted by atomic mass is 10.2. The van der Waals surface area contributed by atoms with E-state index in [1.165, 1.54) is 0 Å². The highest BCUT2D eigenvalue weighted by molar-refractivity contribution is 9.11. The second kappa shape index (κ2) is 10.8. The zero-order chi connectivity index (χ0) is 17.2. The fraction of sp³-hybridized carbons (Fsp3) is 0.647. The third-order valence-electron chi connectivity index (χ3n) is 3.57. The molecule has 4 nitrogen and oxygen atoms in total. The summed E-state index contributed by atoms with van der Waals surface area (Å²) in [4.78, 5) is 29.1. The van der Waals surface area contributed by atoms with Gasteiger partial charge in [0.1, 0.15) is 0 Å². The predicted molar refractivity (Wildman–Crippen MR) is 99.5 cm³/mol. The van der Waals surface area contributed by atoms with Gasteiger partial charge in [-0.25, -0.2) is 0 Å². The first-order valence-electron chi connectivity index (χ1n) is 8.23. The lowest BCUT2D eigenvalue weighted by Crippen LogP contribution is -2.32. The van der Waals surface area contributed by atoms with E-state index in [2.05, 4.69) is 29.8 Å². The van der Waals surface area contributed by atoms with E-state index in [0.717, 1.165) is 34.6 Å². The molecule has 1 aromatic heterocycles. The Bertz CT molecular complexity index is 499. The Morgan fingerprint density at radius 1 is 1.09 bits per heavy atom. The molecule has 2 amide bonds.